The maximum atomic E-state index is 10.6. The molecule has 1 fully saturated rings. The van der Waals surface area contributed by atoms with Gasteiger partial charge < -0.3 is 14.2 Å². The van der Waals surface area contributed by atoms with E-state index in [0.717, 1.165) is 19.4 Å². The Morgan fingerprint density at radius 1 is 1.18 bits per heavy atom. The lowest BCUT2D eigenvalue weighted by molar-refractivity contribution is -0.0499. The summed E-state index contributed by atoms with van der Waals surface area (Å²) in [5, 5.41) is 4.82. The minimum Gasteiger partial charge on any atom is -0.378 e. The Morgan fingerprint density at radius 3 is 2.59 bits per heavy atom. The third-order valence-electron chi connectivity index (χ3n) is 2.46. The summed E-state index contributed by atoms with van der Waals surface area (Å²) in [5.74, 6) is -0.154. The van der Waals surface area contributed by atoms with Crippen molar-refractivity contribution in [3.05, 3.63) is 0 Å². The second kappa shape index (κ2) is 7.99. The maximum Gasteiger partial charge on any atom is 0.211 e. The fourth-order valence-corrected chi connectivity index (χ4v) is 1.90. The summed E-state index contributed by atoms with van der Waals surface area (Å²) >= 11 is 0. The second-order valence-electron chi connectivity index (χ2n) is 4.04. The van der Waals surface area contributed by atoms with Crippen molar-refractivity contribution in [2.75, 3.05) is 38.8 Å². The minimum atomic E-state index is -3.42. The molecular formula is C10H21NO5S. The van der Waals surface area contributed by atoms with Crippen molar-refractivity contribution in [2.24, 2.45) is 5.14 Å². The highest BCUT2D eigenvalue weighted by Gasteiger charge is 2.13. The summed E-state index contributed by atoms with van der Waals surface area (Å²) in [6, 6.07) is 0. The fraction of sp³-hybridized carbons (Fsp3) is 1.00. The number of primary sulfonamides is 1. The first-order valence-corrected chi connectivity index (χ1v) is 7.57. The maximum absolute atomic E-state index is 10.6. The summed E-state index contributed by atoms with van der Waals surface area (Å²) in [6.07, 6.45) is 3.58. The van der Waals surface area contributed by atoms with Crippen LogP contribution < -0.4 is 5.14 Å². The third-order valence-corrected chi connectivity index (χ3v) is 3.20. The molecule has 0 saturated carbocycles. The average molecular weight is 267 g/mol. The summed E-state index contributed by atoms with van der Waals surface area (Å²) < 4.78 is 37.1. The van der Waals surface area contributed by atoms with Gasteiger partial charge in [0, 0.05) is 6.61 Å². The smallest absolute Gasteiger partial charge is 0.211 e. The van der Waals surface area contributed by atoms with Gasteiger partial charge in [-0.25, -0.2) is 13.6 Å². The van der Waals surface area contributed by atoms with Crippen molar-refractivity contribution in [3.8, 4) is 0 Å². The Bertz CT molecular complexity index is 287. The zero-order valence-corrected chi connectivity index (χ0v) is 10.8. The van der Waals surface area contributed by atoms with Crippen molar-refractivity contribution in [2.45, 2.75) is 25.4 Å². The van der Waals surface area contributed by atoms with E-state index >= 15 is 0 Å². The quantitative estimate of drug-likeness (QED) is 0.619. The van der Waals surface area contributed by atoms with E-state index in [0.29, 0.717) is 19.8 Å². The second-order valence-corrected chi connectivity index (χ2v) is 5.78. The monoisotopic (exact) mass is 267 g/mol. The standard InChI is InChI=1S/C10H21NO5S/c11-17(12,13)8-7-14-5-6-15-9-10-3-1-2-4-16-10/h10H,1-9H2,(H2,11,12,13). The molecule has 102 valence electrons. The molecule has 0 aromatic carbocycles. The van der Waals surface area contributed by atoms with Crippen LogP contribution in [0.1, 0.15) is 19.3 Å². The molecule has 1 unspecified atom stereocenters. The molecule has 6 nitrogen and oxygen atoms in total. The van der Waals surface area contributed by atoms with Crippen LogP contribution >= 0.6 is 0 Å². The van der Waals surface area contributed by atoms with Gasteiger partial charge in [-0.1, -0.05) is 0 Å². The zero-order chi connectivity index (χ0) is 12.6. The van der Waals surface area contributed by atoms with E-state index in [2.05, 4.69) is 0 Å². The van der Waals surface area contributed by atoms with Gasteiger partial charge in [0.25, 0.3) is 0 Å². The van der Waals surface area contributed by atoms with E-state index < -0.39 is 10.0 Å². The molecule has 1 atom stereocenters. The Labute approximate surface area is 102 Å². The third kappa shape index (κ3) is 8.50. The highest BCUT2D eigenvalue weighted by molar-refractivity contribution is 7.89. The van der Waals surface area contributed by atoms with E-state index in [1.807, 2.05) is 0 Å². The lowest BCUT2D eigenvalue weighted by Crippen LogP contribution is -2.25. The van der Waals surface area contributed by atoms with Crippen LogP contribution in [-0.4, -0.2) is 53.3 Å². The number of rotatable bonds is 8. The normalized spacial score (nSPS) is 21.6. The predicted octanol–water partition coefficient (Wildman–Crippen LogP) is -0.123. The molecular weight excluding hydrogens is 246 g/mol. The van der Waals surface area contributed by atoms with Crippen molar-refractivity contribution in [1.82, 2.24) is 0 Å². The Morgan fingerprint density at radius 2 is 1.94 bits per heavy atom. The molecule has 7 heteroatoms. The van der Waals surface area contributed by atoms with Gasteiger partial charge >= 0.3 is 0 Å². The highest BCUT2D eigenvalue weighted by atomic mass is 32.2. The molecule has 0 spiro atoms. The first-order chi connectivity index (χ1) is 8.08. The molecule has 0 amide bonds. The summed E-state index contributed by atoms with van der Waals surface area (Å²) in [6.45, 7) is 2.34. The summed E-state index contributed by atoms with van der Waals surface area (Å²) in [4.78, 5) is 0. The lowest BCUT2D eigenvalue weighted by Gasteiger charge is -2.22. The number of nitrogens with two attached hydrogens (primary N) is 1. The first-order valence-electron chi connectivity index (χ1n) is 5.85. The molecule has 0 aliphatic carbocycles. The molecule has 0 aromatic rings. The molecule has 17 heavy (non-hydrogen) atoms. The number of hydrogen-bond donors (Lipinski definition) is 1. The zero-order valence-electron chi connectivity index (χ0n) is 9.97. The van der Waals surface area contributed by atoms with Gasteiger partial charge in [0.2, 0.25) is 10.0 Å². The Balaban J connectivity index is 1.87. The van der Waals surface area contributed by atoms with Crippen molar-refractivity contribution in [1.29, 1.82) is 0 Å². The van der Waals surface area contributed by atoms with Gasteiger partial charge in [0.15, 0.2) is 0 Å². The SMILES string of the molecule is NS(=O)(=O)CCOCCOCC1CCCCO1. The lowest BCUT2D eigenvalue weighted by atomic mass is 10.1. The van der Waals surface area contributed by atoms with E-state index in [1.54, 1.807) is 0 Å². The van der Waals surface area contributed by atoms with Crippen LogP contribution in [0, 0.1) is 0 Å². The van der Waals surface area contributed by atoms with Crippen LogP contribution in [0.15, 0.2) is 0 Å². The largest absolute Gasteiger partial charge is 0.378 e. The number of sulfonamides is 1. The highest BCUT2D eigenvalue weighted by Crippen LogP contribution is 2.12. The van der Waals surface area contributed by atoms with Crippen molar-refractivity contribution in [3.63, 3.8) is 0 Å². The summed E-state index contributed by atoms with van der Waals surface area (Å²) in [7, 11) is -3.42. The van der Waals surface area contributed by atoms with E-state index in [-0.39, 0.29) is 18.5 Å². The molecule has 1 aliphatic rings. The minimum absolute atomic E-state index is 0.113. The van der Waals surface area contributed by atoms with Crippen LogP contribution in [0.25, 0.3) is 0 Å². The van der Waals surface area contributed by atoms with Gasteiger partial charge in [0.1, 0.15) is 0 Å². The first kappa shape index (κ1) is 14.8. The summed E-state index contributed by atoms with van der Waals surface area (Å²) in [5.41, 5.74) is 0. The fourth-order valence-electron chi connectivity index (χ4n) is 1.55. The molecule has 0 bridgehead atoms. The molecule has 2 N–H and O–H groups in total. The molecule has 1 aliphatic heterocycles. The Hall–Kier alpha value is -0.210. The van der Waals surface area contributed by atoms with E-state index in [9.17, 15) is 8.42 Å². The molecule has 1 rings (SSSR count). The topological polar surface area (TPSA) is 87.9 Å². The van der Waals surface area contributed by atoms with Crippen LogP contribution in [0.2, 0.25) is 0 Å². The Kier molecular flexibility index (Phi) is 6.98. The van der Waals surface area contributed by atoms with Crippen molar-refractivity contribution < 1.29 is 22.6 Å². The van der Waals surface area contributed by atoms with Crippen LogP contribution in [0.3, 0.4) is 0 Å². The van der Waals surface area contributed by atoms with Gasteiger partial charge in [0.05, 0.1) is 38.3 Å². The molecule has 1 heterocycles. The molecule has 0 radical (unpaired) electrons. The van der Waals surface area contributed by atoms with Crippen LogP contribution in [0.5, 0.6) is 0 Å². The number of hydrogen-bond acceptors (Lipinski definition) is 5. The van der Waals surface area contributed by atoms with Gasteiger partial charge in [-0.2, -0.15) is 0 Å². The number of ether oxygens (including phenoxy) is 3. The predicted molar refractivity (Wildman–Crippen MR) is 63.2 cm³/mol. The molecule has 1 saturated heterocycles. The van der Waals surface area contributed by atoms with E-state index in [4.69, 9.17) is 19.3 Å². The van der Waals surface area contributed by atoms with Crippen LogP contribution in [-0.2, 0) is 24.2 Å². The van der Waals surface area contributed by atoms with Gasteiger partial charge in [-0.05, 0) is 19.3 Å². The average Bonchev–Trinajstić information content (AvgIpc) is 2.28. The molecule has 0 aromatic heterocycles. The van der Waals surface area contributed by atoms with Gasteiger partial charge in [-0.15, -0.1) is 0 Å². The van der Waals surface area contributed by atoms with Crippen molar-refractivity contribution >= 4 is 10.0 Å². The van der Waals surface area contributed by atoms with E-state index in [1.165, 1.54) is 6.42 Å². The van der Waals surface area contributed by atoms with Crippen LogP contribution in [0.4, 0.5) is 0 Å². The van der Waals surface area contributed by atoms with Gasteiger partial charge in [-0.3, -0.25) is 0 Å².